The van der Waals surface area contributed by atoms with Crippen molar-refractivity contribution in [1.29, 1.82) is 0 Å². The summed E-state index contributed by atoms with van der Waals surface area (Å²) in [5.41, 5.74) is 0.820. The van der Waals surface area contributed by atoms with Crippen molar-refractivity contribution in [1.82, 2.24) is 0 Å². The Balaban J connectivity index is 2.43. The molecule has 0 saturated heterocycles. The van der Waals surface area contributed by atoms with Crippen LogP contribution in [-0.4, -0.2) is 10.2 Å². The fourth-order valence-corrected chi connectivity index (χ4v) is 1.65. The Morgan fingerprint density at radius 3 is 1.81 bits per heavy atom. The molecule has 2 N–H and O–H groups in total. The molecule has 0 bridgehead atoms. The van der Waals surface area contributed by atoms with Gasteiger partial charge in [-0.1, -0.05) is 54.1 Å². The topological polar surface area (TPSA) is 40.5 Å². The molecule has 0 radical (unpaired) electrons. The Hall–Kier alpha value is -1.35. The first-order valence-corrected chi connectivity index (χ1v) is 5.25. The minimum atomic E-state index is -1.98. The van der Waals surface area contributed by atoms with Gasteiger partial charge in [-0.05, 0) is 12.1 Å². The zero-order valence-corrected chi connectivity index (χ0v) is 9.22. The van der Waals surface area contributed by atoms with Gasteiger partial charge in [-0.2, -0.15) is 0 Å². The lowest BCUT2D eigenvalue weighted by molar-refractivity contribution is -0.132. The van der Waals surface area contributed by atoms with Crippen LogP contribution in [0.25, 0.3) is 0 Å². The standard InChI is InChI=1S/C13H11ClO2/c14-12-8-6-11(7-9-12)13(15,16)10-4-2-1-3-5-10/h1-9,15-16H. The minimum Gasteiger partial charge on any atom is -0.358 e. The largest absolute Gasteiger partial charge is 0.358 e. The third-order valence-electron chi connectivity index (χ3n) is 2.42. The van der Waals surface area contributed by atoms with Crippen molar-refractivity contribution in [2.75, 3.05) is 0 Å². The summed E-state index contributed by atoms with van der Waals surface area (Å²) in [7, 11) is 0. The summed E-state index contributed by atoms with van der Waals surface area (Å²) in [4.78, 5) is 0. The molecule has 2 rings (SSSR count). The Morgan fingerprint density at radius 2 is 1.25 bits per heavy atom. The molecule has 2 aromatic rings. The highest BCUT2D eigenvalue weighted by molar-refractivity contribution is 6.30. The van der Waals surface area contributed by atoms with Crippen LogP contribution in [0.2, 0.25) is 5.02 Å². The van der Waals surface area contributed by atoms with Gasteiger partial charge in [0.2, 0.25) is 5.79 Å². The quantitative estimate of drug-likeness (QED) is 0.784. The van der Waals surface area contributed by atoms with Crippen LogP contribution in [-0.2, 0) is 5.79 Å². The molecule has 0 amide bonds. The predicted molar refractivity (Wildman–Crippen MR) is 63.1 cm³/mol. The fraction of sp³-hybridized carbons (Fsp3) is 0.0769. The molecule has 0 aliphatic rings. The number of halogens is 1. The number of benzene rings is 2. The lowest BCUT2D eigenvalue weighted by Crippen LogP contribution is -2.26. The monoisotopic (exact) mass is 234 g/mol. The summed E-state index contributed by atoms with van der Waals surface area (Å²) in [6.07, 6.45) is 0. The molecule has 3 heteroatoms. The second kappa shape index (κ2) is 4.26. The van der Waals surface area contributed by atoms with Crippen molar-refractivity contribution in [2.45, 2.75) is 5.79 Å². The van der Waals surface area contributed by atoms with Crippen LogP contribution in [0.4, 0.5) is 0 Å². The van der Waals surface area contributed by atoms with Gasteiger partial charge >= 0.3 is 0 Å². The van der Waals surface area contributed by atoms with E-state index in [-0.39, 0.29) is 0 Å². The van der Waals surface area contributed by atoms with Gasteiger partial charge in [0, 0.05) is 16.1 Å². The van der Waals surface area contributed by atoms with Gasteiger partial charge in [-0.25, -0.2) is 0 Å². The van der Waals surface area contributed by atoms with E-state index in [1.807, 2.05) is 6.07 Å². The predicted octanol–water partition coefficient (Wildman–Crippen LogP) is 2.53. The van der Waals surface area contributed by atoms with Crippen LogP contribution in [0.3, 0.4) is 0 Å². The van der Waals surface area contributed by atoms with Crippen LogP contribution in [0, 0.1) is 0 Å². The lowest BCUT2D eigenvalue weighted by atomic mass is 9.98. The van der Waals surface area contributed by atoms with Crippen LogP contribution < -0.4 is 0 Å². The Bertz CT molecular complexity index is 463. The highest BCUT2D eigenvalue weighted by atomic mass is 35.5. The number of aliphatic hydroxyl groups is 2. The average Bonchev–Trinajstić information content (AvgIpc) is 2.31. The van der Waals surface area contributed by atoms with Crippen molar-refractivity contribution in [3.05, 3.63) is 70.7 Å². The summed E-state index contributed by atoms with van der Waals surface area (Å²) < 4.78 is 0. The normalized spacial score (nSPS) is 11.4. The van der Waals surface area contributed by atoms with Crippen molar-refractivity contribution >= 4 is 11.6 Å². The highest BCUT2D eigenvalue weighted by Gasteiger charge is 2.27. The van der Waals surface area contributed by atoms with Crippen molar-refractivity contribution in [2.24, 2.45) is 0 Å². The third-order valence-corrected chi connectivity index (χ3v) is 2.68. The average molecular weight is 235 g/mol. The molecular weight excluding hydrogens is 224 g/mol. The van der Waals surface area contributed by atoms with Crippen LogP contribution in [0.5, 0.6) is 0 Å². The zero-order valence-electron chi connectivity index (χ0n) is 8.47. The first-order valence-electron chi connectivity index (χ1n) is 4.87. The van der Waals surface area contributed by atoms with Gasteiger partial charge < -0.3 is 10.2 Å². The van der Waals surface area contributed by atoms with E-state index in [0.29, 0.717) is 16.1 Å². The van der Waals surface area contributed by atoms with Crippen LogP contribution >= 0.6 is 11.6 Å². The summed E-state index contributed by atoms with van der Waals surface area (Å²) in [5, 5.41) is 20.7. The lowest BCUT2D eigenvalue weighted by Gasteiger charge is -2.22. The maximum Gasteiger partial charge on any atom is 0.217 e. The second-order valence-corrected chi connectivity index (χ2v) is 3.98. The molecule has 82 valence electrons. The van der Waals surface area contributed by atoms with E-state index in [4.69, 9.17) is 11.6 Å². The molecule has 0 unspecified atom stereocenters. The summed E-state index contributed by atoms with van der Waals surface area (Å²) in [5.74, 6) is -1.98. The van der Waals surface area contributed by atoms with Crippen molar-refractivity contribution < 1.29 is 10.2 Å². The second-order valence-electron chi connectivity index (χ2n) is 3.55. The molecule has 0 fully saturated rings. The fourth-order valence-electron chi connectivity index (χ4n) is 1.52. The number of hydrogen-bond donors (Lipinski definition) is 2. The van der Waals surface area contributed by atoms with E-state index in [0.717, 1.165) is 0 Å². The molecule has 0 spiro atoms. The number of rotatable bonds is 2. The molecule has 0 aromatic heterocycles. The Labute approximate surface area is 98.7 Å². The third kappa shape index (κ3) is 2.09. The molecule has 0 saturated carbocycles. The van der Waals surface area contributed by atoms with Gasteiger partial charge in [0.1, 0.15) is 0 Å². The van der Waals surface area contributed by atoms with Crippen molar-refractivity contribution in [3.8, 4) is 0 Å². The van der Waals surface area contributed by atoms with Gasteiger partial charge in [0.25, 0.3) is 0 Å². The Kier molecular flexibility index (Phi) is 2.97. The molecule has 0 atom stereocenters. The number of hydrogen-bond acceptors (Lipinski definition) is 2. The van der Waals surface area contributed by atoms with Crippen molar-refractivity contribution in [3.63, 3.8) is 0 Å². The zero-order chi connectivity index (χ0) is 11.6. The first-order chi connectivity index (χ1) is 7.60. The van der Waals surface area contributed by atoms with E-state index >= 15 is 0 Å². The van der Waals surface area contributed by atoms with Crippen LogP contribution in [0.1, 0.15) is 11.1 Å². The first kappa shape index (κ1) is 11.1. The molecular formula is C13H11ClO2. The molecule has 0 heterocycles. The van der Waals surface area contributed by atoms with Gasteiger partial charge in [0.05, 0.1) is 0 Å². The van der Waals surface area contributed by atoms with E-state index in [9.17, 15) is 10.2 Å². The van der Waals surface area contributed by atoms with Gasteiger partial charge in [0.15, 0.2) is 0 Å². The van der Waals surface area contributed by atoms with E-state index in [1.165, 1.54) is 0 Å². The van der Waals surface area contributed by atoms with E-state index in [1.54, 1.807) is 48.5 Å². The summed E-state index contributed by atoms with van der Waals surface area (Å²) in [6.45, 7) is 0. The molecule has 2 nitrogen and oxygen atoms in total. The van der Waals surface area contributed by atoms with E-state index < -0.39 is 5.79 Å². The molecule has 0 aliphatic carbocycles. The molecule has 0 aliphatic heterocycles. The summed E-state index contributed by atoms with van der Waals surface area (Å²) >= 11 is 5.74. The van der Waals surface area contributed by atoms with Gasteiger partial charge in [-0.15, -0.1) is 0 Å². The van der Waals surface area contributed by atoms with Gasteiger partial charge in [-0.3, -0.25) is 0 Å². The smallest absolute Gasteiger partial charge is 0.217 e. The molecule has 16 heavy (non-hydrogen) atoms. The summed E-state index contributed by atoms with van der Waals surface area (Å²) in [6, 6.07) is 15.1. The Morgan fingerprint density at radius 1 is 0.750 bits per heavy atom. The maximum atomic E-state index is 10.1. The maximum absolute atomic E-state index is 10.1. The SMILES string of the molecule is OC(O)(c1ccccc1)c1ccc(Cl)cc1. The van der Waals surface area contributed by atoms with Crippen LogP contribution in [0.15, 0.2) is 54.6 Å². The highest BCUT2D eigenvalue weighted by Crippen LogP contribution is 2.27. The van der Waals surface area contributed by atoms with E-state index in [2.05, 4.69) is 0 Å². The molecule has 2 aromatic carbocycles. The minimum absolute atomic E-state index is 0.392.